The molecule has 3 aromatic carbocycles. The van der Waals surface area contributed by atoms with Gasteiger partial charge in [0.05, 0.1) is 5.56 Å². The summed E-state index contributed by atoms with van der Waals surface area (Å²) in [7, 11) is 2.09. The van der Waals surface area contributed by atoms with Crippen molar-refractivity contribution in [2.75, 3.05) is 0 Å². The van der Waals surface area contributed by atoms with Gasteiger partial charge in [0.25, 0.3) is 0 Å². The molecule has 32 heavy (non-hydrogen) atoms. The van der Waals surface area contributed by atoms with Crippen molar-refractivity contribution in [1.29, 1.82) is 0 Å². The number of benzene rings is 3. The molecule has 2 nitrogen and oxygen atoms in total. The number of fused-ring (bicyclic) bond motifs is 4. The molecule has 1 aliphatic carbocycles. The molecule has 0 fully saturated rings. The summed E-state index contributed by atoms with van der Waals surface area (Å²) in [5.41, 5.74) is 12.5. The van der Waals surface area contributed by atoms with E-state index in [0.29, 0.717) is 0 Å². The maximum atomic E-state index is 6.73. The number of aromatic nitrogens is 1. The molecule has 0 saturated carbocycles. The van der Waals surface area contributed by atoms with Crippen molar-refractivity contribution < 1.29 is 8.98 Å². The Balaban J connectivity index is 1.64. The van der Waals surface area contributed by atoms with E-state index in [9.17, 15) is 0 Å². The van der Waals surface area contributed by atoms with Crippen LogP contribution in [-0.2, 0) is 19.9 Å². The molecule has 0 radical (unpaired) electrons. The van der Waals surface area contributed by atoms with Crippen LogP contribution in [0.3, 0.4) is 0 Å². The molecule has 1 aliphatic rings. The topological polar surface area (TPSA) is 17.0 Å². The minimum Gasteiger partial charge on any atom is -0.454 e. The second-order valence-electron chi connectivity index (χ2n) is 9.25. The van der Waals surface area contributed by atoms with Crippen LogP contribution in [0.25, 0.3) is 44.3 Å². The standard InChI is InChI=1S/C30H28NO/c1-19-14-15-26-25-12-8-11-24(22-17-20(2)23-10-5-4-9-21(23)18-22)29(25)32-30(26)28(19)27-13-6-7-16-31(27)3/h6-8,11-18H,4-5,9-10H2,1-3H3/q+1. The fraction of sp³-hybridized carbons (Fsp3) is 0.233. The van der Waals surface area contributed by atoms with E-state index in [-0.39, 0.29) is 0 Å². The lowest BCUT2D eigenvalue weighted by molar-refractivity contribution is -0.660. The smallest absolute Gasteiger partial charge is 0.216 e. The van der Waals surface area contributed by atoms with Gasteiger partial charge in [0.2, 0.25) is 5.69 Å². The maximum absolute atomic E-state index is 6.73. The van der Waals surface area contributed by atoms with Crippen molar-refractivity contribution in [3.05, 3.63) is 89.1 Å². The molecular formula is C30H28NO+. The van der Waals surface area contributed by atoms with E-state index in [1.54, 1.807) is 5.56 Å². The number of furan rings is 1. The summed E-state index contributed by atoms with van der Waals surface area (Å²) >= 11 is 0. The minimum atomic E-state index is 0.976. The van der Waals surface area contributed by atoms with Gasteiger partial charge in [-0.1, -0.05) is 42.5 Å². The summed E-state index contributed by atoms with van der Waals surface area (Å²) in [6.07, 6.45) is 7.10. The van der Waals surface area contributed by atoms with Gasteiger partial charge in [0, 0.05) is 28.5 Å². The highest BCUT2D eigenvalue weighted by molar-refractivity contribution is 6.13. The van der Waals surface area contributed by atoms with Gasteiger partial charge >= 0.3 is 0 Å². The van der Waals surface area contributed by atoms with E-state index in [1.807, 2.05) is 0 Å². The summed E-state index contributed by atoms with van der Waals surface area (Å²) in [6, 6.07) is 22.1. The third-order valence-corrected chi connectivity index (χ3v) is 7.19. The monoisotopic (exact) mass is 418 g/mol. The molecule has 0 saturated heterocycles. The molecule has 2 heterocycles. The SMILES string of the molecule is Cc1cc(-c2cccc3c2oc2c(-c4cccc[n+]4C)c(C)ccc23)cc2c1CCCC2. The van der Waals surface area contributed by atoms with E-state index in [0.717, 1.165) is 11.2 Å². The molecule has 0 amide bonds. The van der Waals surface area contributed by atoms with Crippen molar-refractivity contribution in [2.24, 2.45) is 7.05 Å². The Hall–Kier alpha value is -3.39. The second-order valence-corrected chi connectivity index (χ2v) is 9.25. The highest BCUT2D eigenvalue weighted by Gasteiger charge is 2.22. The van der Waals surface area contributed by atoms with Crippen LogP contribution in [0.15, 0.2) is 71.3 Å². The molecule has 0 unspecified atom stereocenters. The van der Waals surface area contributed by atoms with Gasteiger partial charge in [-0.15, -0.1) is 0 Å². The number of aryl methyl sites for hydroxylation is 4. The molecule has 0 spiro atoms. The van der Waals surface area contributed by atoms with E-state index < -0.39 is 0 Å². The largest absolute Gasteiger partial charge is 0.454 e. The third-order valence-electron chi connectivity index (χ3n) is 7.19. The molecular weight excluding hydrogens is 390 g/mol. The van der Waals surface area contributed by atoms with Crippen LogP contribution >= 0.6 is 0 Å². The Kier molecular flexibility index (Phi) is 4.43. The van der Waals surface area contributed by atoms with Crippen LogP contribution < -0.4 is 4.57 Å². The summed E-state index contributed by atoms with van der Waals surface area (Å²) in [6.45, 7) is 4.44. The zero-order valence-corrected chi connectivity index (χ0v) is 19.0. The lowest BCUT2D eigenvalue weighted by Crippen LogP contribution is -2.30. The molecule has 0 aliphatic heterocycles. The molecule has 0 atom stereocenters. The normalized spacial score (nSPS) is 13.6. The Morgan fingerprint density at radius 2 is 1.62 bits per heavy atom. The van der Waals surface area contributed by atoms with Crippen LogP contribution in [0.5, 0.6) is 0 Å². The van der Waals surface area contributed by atoms with Crippen molar-refractivity contribution in [1.82, 2.24) is 0 Å². The number of hydrogen-bond donors (Lipinski definition) is 0. The van der Waals surface area contributed by atoms with Crippen LogP contribution in [0.2, 0.25) is 0 Å². The Morgan fingerprint density at radius 1 is 0.781 bits per heavy atom. The van der Waals surface area contributed by atoms with Crippen molar-refractivity contribution in [2.45, 2.75) is 39.5 Å². The van der Waals surface area contributed by atoms with Gasteiger partial charge in [0.1, 0.15) is 18.2 Å². The predicted octanol–water partition coefficient (Wildman–Crippen LogP) is 7.24. The van der Waals surface area contributed by atoms with Crippen molar-refractivity contribution in [3.63, 3.8) is 0 Å². The number of nitrogens with zero attached hydrogens (tertiary/aromatic N) is 1. The van der Waals surface area contributed by atoms with E-state index in [1.165, 1.54) is 75.5 Å². The highest BCUT2D eigenvalue weighted by Crippen LogP contribution is 2.41. The lowest BCUT2D eigenvalue weighted by atomic mass is 9.86. The zero-order valence-electron chi connectivity index (χ0n) is 19.0. The quantitative estimate of drug-likeness (QED) is 0.276. The number of hydrogen-bond acceptors (Lipinski definition) is 1. The first-order valence-electron chi connectivity index (χ1n) is 11.6. The molecule has 6 rings (SSSR count). The van der Waals surface area contributed by atoms with Gasteiger partial charge < -0.3 is 4.42 Å². The molecule has 2 heteroatoms. The van der Waals surface area contributed by atoms with E-state index >= 15 is 0 Å². The first-order chi connectivity index (χ1) is 15.6. The maximum Gasteiger partial charge on any atom is 0.216 e. The third kappa shape index (κ3) is 2.90. The van der Waals surface area contributed by atoms with Gasteiger partial charge in [-0.25, -0.2) is 4.57 Å². The van der Waals surface area contributed by atoms with E-state index in [4.69, 9.17) is 4.42 Å². The van der Waals surface area contributed by atoms with Gasteiger partial charge in [-0.05, 0) is 73.4 Å². The highest BCUT2D eigenvalue weighted by atomic mass is 16.3. The first-order valence-corrected chi connectivity index (χ1v) is 11.6. The number of rotatable bonds is 2. The first kappa shape index (κ1) is 19.3. The summed E-state index contributed by atoms with van der Waals surface area (Å²) in [5, 5.41) is 2.37. The fourth-order valence-corrected chi connectivity index (χ4v) is 5.53. The van der Waals surface area contributed by atoms with Crippen molar-refractivity contribution >= 4 is 21.9 Å². The Labute approximate surface area is 189 Å². The zero-order chi connectivity index (χ0) is 21.8. The predicted molar refractivity (Wildman–Crippen MR) is 132 cm³/mol. The van der Waals surface area contributed by atoms with Crippen LogP contribution in [-0.4, -0.2) is 0 Å². The van der Waals surface area contributed by atoms with Crippen LogP contribution in [0.4, 0.5) is 0 Å². The molecule has 2 aromatic heterocycles. The second kappa shape index (κ2) is 7.34. The van der Waals surface area contributed by atoms with Crippen LogP contribution in [0.1, 0.15) is 35.1 Å². The van der Waals surface area contributed by atoms with Gasteiger partial charge in [-0.3, -0.25) is 0 Å². The van der Waals surface area contributed by atoms with Crippen molar-refractivity contribution in [3.8, 4) is 22.4 Å². The molecule has 0 N–H and O–H groups in total. The minimum absolute atomic E-state index is 0.976. The Bertz CT molecular complexity index is 1510. The lowest BCUT2D eigenvalue weighted by Gasteiger charge is -2.19. The summed E-state index contributed by atoms with van der Waals surface area (Å²) in [4.78, 5) is 0. The average Bonchev–Trinajstić information content (AvgIpc) is 3.18. The fourth-order valence-electron chi connectivity index (χ4n) is 5.53. The van der Waals surface area contributed by atoms with E-state index in [2.05, 4.69) is 92.3 Å². The van der Waals surface area contributed by atoms with Gasteiger partial charge in [-0.2, -0.15) is 0 Å². The van der Waals surface area contributed by atoms with Crippen LogP contribution in [0, 0.1) is 13.8 Å². The Morgan fingerprint density at radius 3 is 2.50 bits per heavy atom. The molecule has 5 aromatic rings. The summed E-state index contributed by atoms with van der Waals surface area (Å²) < 4.78 is 8.90. The number of pyridine rings is 1. The molecule has 158 valence electrons. The molecule has 0 bridgehead atoms. The number of para-hydroxylation sites is 1. The van der Waals surface area contributed by atoms with Gasteiger partial charge in [0.15, 0.2) is 6.20 Å². The summed E-state index contributed by atoms with van der Waals surface area (Å²) in [5.74, 6) is 0. The average molecular weight is 419 g/mol.